The highest BCUT2D eigenvalue weighted by molar-refractivity contribution is 5.77. The standard InChI is InChI=1S/C12H15N3O2/c1-17-8-12-14-9-4-2-3-5-10(9)15(12)7-6-11(13)16/h2-5H,6-8H2,1H3,(H2,13,16). The molecule has 0 aliphatic heterocycles. The molecule has 2 aromatic rings. The van der Waals surface area contributed by atoms with Crippen molar-refractivity contribution >= 4 is 16.9 Å². The first-order valence-corrected chi connectivity index (χ1v) is 5.43. The van der Waals surface area contributed by atoms with Crippen LogP contribution in [0.5, 0.6) is 0 Å². The zero-order chi connectivity index (χ0) is 12.3. The number of aromatic nitrogens is 2. The Morgan fingerprint density at radius 1 is 1.47 bits per heavy atom. The second-order valence-corrected chi connectivity index (χ2v) is 3.82. The maximum Gasteiger partial charge on any atom is 0.219 e. The number of para-hydroxylation sites is 2. The van der Waals surface area contributed by atoms with Gasteiger partial charge in [-0.1, -0.05) is 12.1 Å². The van der Waals surface area contributed by atoms with Crippen molar-refractivity contribution in [1.82, 2.24) is 9.55 Å². The molecule has 17 heavy (non-hydrogen) atoms. The summed E-state index contributed by atoms with van der Waals surface area (Å²) in [5.41, 5.74) is 7.08. The topological polar surface area (TPSA) is 70.1 Å². The third-order valence-electron chi connectivity index (χ3n) is 2.59. The number of carbonyl (C=O) groups excluding carboxylic acids is 1. The quantitative estimate of drug-likeness (QED) is 0.839. The molecule has 5 nitrogen and oxygen atoms in total. The molecule has 90 valence electrons. The fourth-order valence-electron chi connectivity index (χ4n) is 1.84. The molecule has 0 aliphatic rings. The van der Waals surface area contributed by atoms with Gasteiger partial charge in [-0.05, 0) is 12.1 Å². The number of imidazole rings is 1. The van der Waals surface area contributed by atoms with E-state index >= 15 is 0 Å². The van der Waals surface area contributed by atoms with Gasteiger partial charge in [0.2, 0.25) is 5.91 Å². The van der Waals surface area contributed by atoms with E-state index < -0.39 is 0 Å². The van der Waals surface area contributed by atoms with E-state index in [1.165, 1.54) is 0 Å². The number of methoxy groups -OCH3 is 1. The van der Waals surface area contributed by atoms with Crippen LogP contribution < -0.4 is 5.73 Å². The molecule has 1 heterocycles. The van der Waals surface area contributed by atoms with Gasteiger partial charge in [0.25, 0.3) is 0 Å². The molecule has 2 rings (SSSR count). The lowest BCUT2D eigenvalue weighted by molar-refractivity contribution is -0.118. The van der Waals surface area contributed by atoms with Gasteiger partial charge in [-0.25, -0.2) is 4.98 Å². The van der Waals surface area contributed by atoms with E-state index in [-0.39, 0.29) is 5.91 Å². The molecular weight excluding hydrogens is 218 g/mol. The minimum atomic E-state index is -0.314. The molecule has 0 saturated heterocycles. The summed E-state index contributed by atoms with van der Waals surface area (Å²) in [4.78, 5) is 15.3. The molecule has 0 radical (unpaired) electrons. The Kier molecular flexibility index (Phi) is 3.39. The Morgan fingerprint density at radius 2 is 2.24 bits per heavy atom. The Balaban J connectivity index is 2.40. The van der Waals surface area contributed by atoms with E-state index in [9.17, 15) is 4.79 Å². The maximum absolute atomic E-state index is 10.9. The van der Waals surface area contributed by atoms with Crippen LogP contribution in [0.2, 0.25) is 0 Å². The predicted molar refractivity (Wildman–Crippen MR) is 64.3 cm³/mol. The number of nitrogens with zero attached hydrogens (tertiary/aromatic N) is 2. The average molecular weight is 233 g/mol. The lowest BCUT2D eigenvalue weighted by Gasteiger charge is -2.06. The number of rotatable bonds is 5. The molecule has 2 N–H and O–H groups in total. The van der Waals surface area contributed by atoms with E-state index in [1.807, 2.05) is 28.8 Å². The van der Waals surface area contributed by atoms with Crippen molar-refractivity contribution in [2.75, 3.05) is 7.11 Å². The first-order chi connectivity index (χ1) is 8.22. The number of nitrogens with two attached hydrogens (primary N) is 1. The van der Waals surface area contributed by atoms with E-state index in [0.29, 0.717) is 19.6 Å². The number of hydrogen-bond acceptors (Lipinski definition) is 3. The molecule has 0 bridgehead atoms. The predicted octanol–water partition coefficient (Wildman–Crippen LogP) is 1.06. The van der Waals surface area contributed by atoms with E-state index in [1.54, 1.807) is 7.11 Å². The molecule has 0 spiro atoms. The van der Waals surface area contributed by atoms with Gasteiger partial charge in [0.15, 0.2) is 0 Å². The fraction of sp³-hybridized carbons (Fsp3) is 0.333. The number of primary amides is 1. The van der Waals surface area contributed by atoms with Crippen molar-refractivity contribution < 1.29 is 9.53 Å². The van der Waals surface area contributed by atoms with Gasteiger partial charge in [-0.3, -0.25) is 4.79 Å². The zero-order valence-corrected chi connectivity index (χ0v) is 9.72. The number of ether oxygens (including phenoxy) is 1. The molecule has 0 saturated carbocycles. The smallest absolute Gasteiger partial charge is 0.219 e. The van der Waals surface area contributed by atoms with Crippen molar-refractivity contribution in [1.29, 1.82) is 0 Å². The number of fused-ring (bicyclic) bond motifs is 1. The van der Waals surface area contributed by atoms with Gasteiger partial charge in [0.05, 0.1) is 11.0 Å². The van der Waals surface area contributed by atoms with Crippen LogP contribution in [0.3, 0.4) is 0 Å². The lowest BCUT2D eigenvalue weighted by Crippen LogP contribution is -2.15. The van der Waals surface area contributed by atoms with Crippen LogP contribution in [0.25, 0.3) is 11.0 Å². The maximum atomic E-state index is 10.9. The molecule has 1 aromatic heterocycles. The SMILES string of the molecule is COCc1nc2ccccc2n1CCC(N)=O. The Bertz CT molecular complexity index is 534. The molecular formula is C12H15N3O2. The van der Waals surface area contributed by atoms with Crippen molar-refractivity contribution in [3.05, 3.63) is 30.1 Å². The van der Waals surface area contributed by atoms with Crippen LogP contribution in [0.4, 0.5) is 0 Å². The second kappa shape index (κ2) is 4.97. The van der Waals surface area contributed by atoms with Crippen molar-refractivity contribution in [3.8, 4) is 0 Å². The minimum absolute atomic E-state index is 0.303. The number of amides is 1. The van der Waals surface area contributed by atoms with Crippen molar-refractivity contribution in [3.63, 3.8) is 0 Å². The molecule has 0 fully saturated rings. The number of carbonyl (C=O) groups is 1. The Morgan fingerprint density at radius 3 is 2.94 bits per heavy atom. The second-order valence-electron chi connectivity index (χ2n) is 3.82. The van der Waals surface area contributed by atoms with Crippen LogP contribution in [0.1, 0.15) is 12.2 Å². The first-order valence-electron chi connectivity index (χ1n) is 5.43. The van der Waals surface area contributed by atoms with Crippen molar-refractivity contribution in [2.45, 2.75) is 19.6 Å². The summed E-state index contributed by atoms with van der Waals surface area (Å²) in [5, 5.41) is 0. The van der Waals surface area contributed by atoms with Gasteiger partial charge >= 0.3 is 0 Å². The highest BCUT2D eigenvalue weighted by atomic mass is 16.5. The summed E-state index contributed by atoms with van der Waals surface area (Å²) in [5.74, 6) is 0.501. The van der Waals surface area contributed by atoms with Gasteiger partial charge < -0.3 is 15.0 Å². The normalized spacial score (nSPS) is 10.9. The monoisotopic (exact) mass is 233 g/mol. The van der Waals surface area contributed by atoms with Crippen LogP contribution in [-0.4, -0.2) is 22.6 Å². The van der Waals surface area contributed by atoms with Crippen LogP contribution in [-0.2, 0) is 22.7 Å². The van der Waals surface area contributed by atoms with Crippen LogP contribution in [0.15, 0.2) is 24.3 Å². The first kappa shape index (κ1) is 11.6. The van der Waals surface area contributed by atoms with Crippen LogP contribution in [0, 0.1) is 0 Å². The molecule has 0 unspecified atom stereocenters. The molecule has 1 amide bonds. The fourth-order valence-corrected chi connectivity index (χ4v) is 1.84. The third-order valence-corrected chi connectivity index (χ3v) is 2.59. The minimum Gasteiger partial charge on any atom is -0.377 e. The highest BCUT2D eigenvalue weighted by Crippen LogP contribution is 2.16. The van der Waals surface area contributed by atoms with Gasteiger partial charge in [0.1, 0.15) is 12.4 Å². The summed E-state index contributed by atoms with van der Waals surface area (Å²) in [7, 11) is 1.62. The summed E-state index contributed by atoms with van der Waals surface area (Å²) in [6.07, 6.45) is 0.303. The number of aryl methyl sites for hydroxylation is 1. The Hall–Kier alpha value is -1.88. The van der Waals surface area contributed by atoms with Crippen molar-refractivity contribution in [2.24, 2.45) is 5.73 Å². The van der Waals surface area contributed by atoms with E-state index in [2.05, 4.69) is 4.98 Å². The summed E-state index contributed by atoms with van der Waals surface area (Å²) in [6.45, 7) is 0.960. The molecule has 1 aromatic carbocycles. The third kappa shape index (κ3) is 2.45. The zero-order valence-electron chi connectivity index (χ0n) is 9.72. The van der Waals surface area contributed by atoms with E-state index in [4.69, 9.17) is 10.5 Å². The number of hydrogen-bond donors (Lipinski definition) is 1. The molecule has 0 aliphatic carbocycles. The average Bonchev–Trinajstić information content (AvgIpc) is 2.64. The molecule has 0 atom stereocenters. The van der Waals surface area contributed by atoms with Gasteiger partial charge in [0, 0.05) is 20.1 Å². The molecule has 5 heteroatoms. The summed E-state index contributed by atoms with van der Waals surface area (Å²) in [6, 6.07) is 7.80. The van der Waals surface area contributed by atoms with E-state index in [0.717, 1.165) is 16.9 Å². The number of benzene rings is 1. The lowest BCUT2D eigenvalue weighted by atomic mass is 10.3. The summed E-state index contributed by atoms with van der Waals surface area (Å²) >= 11 is 0. The van der Waals surface area contributed by atoms with Gasteiger partial charge in [-0.15, -0.1) is 0 Å². The largest absolute Gasteiger partial charge is 0.377 e. The Labute approximate surface area is 99.2 Å². The van der Waals surface area contributed by atoms with Crippen LogP contribution >= 0.6 is 0 Å². The summed E-state index contributed by atoms with van der Waals surface area (Å²) < 4.78 is 7.08. The highest BCUT2D eigenvalue weighted by Gasteiger charge is 2.10. The van der Waals surface area contributed by atoms with Gasteiger partial charge in [-0.2, -0.15) is 0 Å².